The standard InChI is InChI=1S/C57H50BN3OS/c1-31-25-43-50-44(26-31)61-45-30-34(57(8,9)10)29-37-36-27-32(55(2,3)4)21-23-40(36)59(51(37)45)42-18-13-16-39(53(42)61)58(50)54-52(38-28-33(56(5,6)7)22-24-46(38)62-54)60(43)41-17-14-20-48-49(41)35-15-11-12-19-47(35)63-48/h11-30H,1-10H3/i11D,12D,13D,14D,15D,16D,17D,18D,19D,20D,21D,22D,23D,24D,25D,26D,27D,28D,29D,30D. The number of thiophene rings is 1. The Morgan fingerprint density at radius 3 is 1.92 bits per heavy atom. The van der Waals surface area contributed by atoms with Crippen molar-refractivity contribution in [2.75, 3.05) is 9.80 Å². The maximum absolute atomic E-state index is 10.5. The summed E-state index contributed by atoms with van der Waals surface area (Å²) in [6, 6.07) is -8.92. The molecule has 0 fully saturated rings. The fourth-order valence-corrected chi connectivity index (χ4v) is 10.4. The summed E-state index contributed by atoms with van der Waals surface area (Å²) >= 11 is 0.807. The quantitative estimate of drug-likeness (QED) is 0.154. The number of benzene rings is 7. The van der Waals surface area contributed by atoms with Crippen molar-refractivity contribution >= 4 is 122 Å². The Morgan fingerprint density at radius 1 is 0.540 bits per heavy atom. The van der Waals surface area contributed by atoms with E-state index in [9.17, 15) is 23.3 Å². The topological polar surface area (TPSA) is 24.6 Å². The minimum Gasteiger partial charge on any atom is -0.468 e. The van der Waals surface area contributed by atoms with Crippen molar-refractivity contribution in [1.82, 2.24) is 4.57 Å². The molecule has 0 aliphatic carbocycles. The molecule has 0 spiro atoms. The molecular formula is C57H50BN3OS. The van der Waals surface area contributed by atoms with E-state index in [1.807, 2.05) is 20.8 Å². The maximum atomic E-state index is 10.5. The van der Waals surface area contributed by atoms with Crippen LogP contribution in [0.2, 0.25) is 0 Å². The molecule has 6 heterocycles. The highest BCUT2D eigenvalue weighted by atomic mass is 32.1. The first-order valence-corrected chi connectivity index (χ1v) is 21.8. The lowest BCUT2D eigenvalue weighted by atomic mass is 9.35. The number of anilines is 6. The molecule has 0 radical (unpaired) electrons. The normalized spacial score (nSPS) is 18.9. The average Bonchev–Trinajstić information content (AvgIpc) is 1.79. The molecular weight excluding hydrogens is 786 g/mol. The van der Waals surface area contributed by atoms with Crippen LogP contribution in [-0.4, -0.2) is 11.3 Å². The second kappa shape index (κ2) is 12.1. The molecule has 3 aliphatic heterocycles. The summed E-state index contributed by atoms with van der Waals surface area (Å²) in [5.41, 5.74) is -4.04. The van der Waals surface area contributed by atoms with Crippen molar-refractivity contribution in [2.24, 2.45) is 0 Å². The number of nitrogens with zero attached hydrogens (tertiary/aromatic N) is 3. The Morgan fingerprint density at radius 2 is 1.17 bits per heavy atom. The van der Waals surface area contributed by atoms with E-state index in [4.69, 9.17) is 8.53 Å². The van der Waals surface area contributed by atoms with Gasteiger partial charge in [0.05, 0.1) is 72.5 Å². The molecule has 0 amide bonds. The van der Waals surface area contributed by atoms with Gasteiger partial charge in [0.2, 0.25) is 0 Å². The number of fused-ring (bicyclic) bond motifs is 14. The van der Waals surface area contributed by atoms with Gasteiger partial charge in [0.1, 0.15) is 5.58 Å². The molecule has 0 bridgehead atoms. The summed E-state index contributed by atoms with van der Waals surface area (Å²) in [7, 11) is 0. The summed E-state index contributed by atoms with van der Waals surface area (Å²) in [6.45, 7) is 16.1. The van der Waals surface area contributed by atoms with Crippen LogP contribution in [0.4, 0.5) is 34.1 Å². The predicted molar refractivity (Wildman–Crippen MR) is 272 cm³/mol. The van der Waals surface area contributed by atoms with E-state index in [0.29, 0.717) is 0 Å². The Kier molecular flexibility index (Phi) is 4.29. The third-order valence-corrected chi connectivity index (χ3v) is 13.5. The lowest BCUT2D eigenvalue weighted by molar-refractivity contribution is 0.590. The van der Waals surface area contributed by atoms with Gasteiger partial charge in [-0.1, -0.05) is 111 Å². The molecule has 10 aromatic rings. The highest BCUT2D eigenvalue weighted by Crippen LogP contribution is 2.55. The Bertz CT molecular complexity index is 4850. The average molecular weight is 856 g/mol. The fraction of sp³-hybridized carbons (Fsp3) is 0.228. The van der Waals surface area contributed by atoms with Crippen LogP contribution in [0.1, 0.15) is 112 Å². The summed E-state index contributed by atoms with van der Waals surface area (Å²) in [6.07, 6.45) is 0. The molecule has 3 aromatic heterocycles. The summed E-state index contributed by atoms with van der Waals surface area (Å²) in [5.74, 6) is 0. The number of hydrogen-bond acceptors (Lipinski definition) is 4. The van der Waals surface area contributed by atoms with Crippen LogP contribution in [0.25, 0.3) is 58.6 Å². The second-order valence-corrected chi connectivity index (χ2v) is 20.9. The van der Waals surface area contributed by atoms with Crippen molar-refractivity contribution in [3.8, 4) is 5.69 Å². The molecule has 7 aromatic carbocycles. The molecule has 0 atom stereocenters. The van der Waals surface area contributed by atoms with Gasteiger partial charge in [0.15, 0.2) is 0 Å². The molecule has 4 nitrogen and oxygen atoms in total. The zero-order chi connectivity index (χ0) is 60.6. The lowest BCUT2D eigenvalue weighted by Crippen LogP contribution is -2.61. The third kappa shape index (κ3) is 4.93. The first-order valence-electron chi connectivity index (χ1n) is 30.9. The third-order valence-electron chi connectivity index (χ3n) is 12.5. The molecule has 6 heteroatoms. The van der Waals surface area contributed by atoms with Crippen molar-refractivity contribution in [3.05, 3.63) is 143 Å². The monoisotopic (exact) mass is 856 g/mol. The Hall–Kier alpha value is -6.24. The number of furan rings is 1. The van der Waals surface area contributed by atoms with E-state index in [2.05, 4.69) is 0 Å². The molecule has 308 valence electrons. The largest absolute Gasteiger partial charge is 0.468 e. The van der Waals surface area contributed by atoms with Crippen LogP contribution < -0.4 is 26.4 Å². The van der Waals surface area contributed by atoms with E-state index in [0.717, 1.165) is 11.3 Å². The molecule has 0 saturated heterocycles. The van der Waals surface area contributed by atoms with Crippen LogP contribution in [0.15, 0.2) is 125 Å². The van der Waals surface area contributed by atoms with Crippen molar-refractivity contribution in [1.29, 1.82) is 0 Å². The number of aromatic nitrogens is 1. The number of para-hydroxylation sites is 1. The van der Waals surface area contributed by atoms with Gasteiger partial charge in [-0.2, -0.15) is 0 Å². The smallest absolute Gasteiger partial charge is 0.297 e. The number of hydrogen-bond donors (Lipinski definition) is 0. The van der Waals surface area contributed by atoms with Gasteiger partial charge < -0.3 is 18.8 Å². The highest BCUT2D eigenvalue weighted by Gasteiger charge is 2.49. The summed E-state index contributed by atoms with van der Waals surface area (Å²) in [5, 5.41) is -0.188. The molecule has 63 heavy (non-hydrogen) atoms. The molecule has 0 saturated carbocycles. The maximum Gasteiger partial charge on any atom is 0.297 e. The van der Waals surface area contributed by atoms with E-state index >= 15 is 0 Å². The molecule has 13 rings (SSSR count). The molecule has 0 unspecified atom stereocenters. The minimum atomic E-state index is -1.56. The summed E-state index contributed by atoms with van der Waals surface area (Å²) < 4.78 is 203. The van der Waals surface area contributed by atoms with E-state index in [1.54, 1.807) is 41.5 Å². The minimum absolute atomic E-state index is 0.0104. The van der Waals surface area contributed by atoms with Gasteiger partial charge in [-0.05, 0) is 129 Å². The van der Waals surface area contributed by atoms with Crippen LogP contribution >= 0.6 is 11.3 Å². The predicted octanol–water partition coefficient (Wildman–Crippen LogP) is 14.5. The van der Waals surface area contributed by atoms with E-state index in [-0.39, 0.29) is 186 Å². The van der Waals surface area contributed by atoms with Gasteiger partial charge in [-0.3, -0.25) is 0 Å². The number of rotatable bonds is 1. The fourth-order valence-electron chi connectivity index (χ4n) is 9.47. The van der Waals surface area contributed by atoms with E-state index in [1.165, 1.54) is 21.3 Å². The summed E-state index contributed by atoms with van der Waals surface area (Å²) in [4.78, 5) is 2.87. The zero-order valence-corrected chi connectivity index (χ0v) is 37.1. The van der Waals surface area contributed by atoms with Crippen LogP contribution in [0.5, 0.6) is 0 Å². The zero-order valence-electron chi connectivity index (χ0n) is 56.2. The van der Waals surface area contributed by atoms with Crippen LogP contribution in [0, 0.1) is 6.92 Å². The Balaban J connectivity index is 1.35. The van der Waals surface area contributed by atoms with Gasteiger partial charge >= 0.3 is 0 Å². The van der Waals surface area contributed by atoms with E-state index < -0.39 is 89.4 Å². The van der Waals surface area contributed by atoms with Gasteiger partial charge in [0, 0.05) is 47.7 Å². The van der Waals surface area contributed by atoms with Gasteiger partial charge in [-0.15, -0.1) is 11.3 Å². The highest BCUT2D eigenvalue weighted by molar-refractivity contribution is 7.26. The van der Waals surface area contributed by atoms with Crippen LogP contribution in [0.3, 0.4) is 0 Å². The SMILES string of the molecule is [2H]c1c([2H])c2c3c(c1[2H])-n1c4c([2H])c([2H])c(C(C)(C)C)c([2H])c4c4c([2H])c(C(C)(C)C)c([2H])c(c41)N3c1c([2H])c(C)c([2H])c3c1B2c1oc2c([2H])c([2H])c(C(C)(C)C)c([2H])c2c1N3c1c([2H])c([2H])c([2H])c2sc3c([2H])c([2H])c([2H])c([2H])c3c12. The first-order chi connectivity index (χ1) is 38.5. The Labute approximate surface area is 401 Å². The first kappa shape index (κ1) is 22.4. The van der Waals surface area contributed by atoms with Crippen molar-refractivity contribution < 1.29 is 31.8 Å². The van der Waals surface area contributed by atoms with Crippen molar-refractivity contribution in [3.63, 3.8) is 0 Å². The van der Waals surface area contributed by atoms with Gasteiger partial charge in [0.25, 0.3) is 6.71 Å². The van der Waals surface area contributed by atoms with Crippen LogP contribution in [-0.2, 0) is 16.2 Å². The second-order valence-electron chi connectivity index (χ2n) is 19.8. The van der Waals surface area contributed by atoms with Gasteiger partial charge in [-0.25, -0.2) is 0 Å². The lowest BCUT2D eigenvalue weighted by Gasteiger charge is -2.45. The molecule has 0 N–H and O–H groups in total. The molecule has 3 aliphatic rings. The van der Waals surface area contributed by atoms with Crippen molar-refractivity contribution in [2.45, 2.75) is 85.5 Å².